The minimum Gasteiger partial charge on any atom is -0.309 e. The molecule has 9 aromatic carbocycles. The number of hydrogen-bond acceptors (Lipinski definition) is 1. The maximum atomic E-state index is 5.19. The van der Waals surface area contributed by atoms with E-state index >= 15 is 0 Å². The lowest BCUT2D eigenvalue weighted by Gasteiger charge is -2.17. The standard InChI is InChI=1S/C53H34N2/c1-4-15-35(16-5-1)49-33-39(34-50(54-49)36-17-6-2-7-18-36)41-24-14-25-45-42-21-10-11-22-43(42)47-31-37(27-29-46(47)53(41)45)38-28-30-52-48(32-38)44-23-12-13-26-51(44)55(52)40-19-8-3-9-20-40/h1-34H. The molecule has 0 bridgehead atoms. The molecule has 11 aromatic rings. The van der Waals surface area contributed by atoms with E-state index in [4.69, 9.17) is 4.98 Å². The van der Waals surface area contributed by atoms with Gasteiger partial charge in [0.2, 0.25) is 0 Å². The smallest absolute Gasteiger partial charge is 0.0715 e. The number of pyridine rings is 1. The zero-order valence-electron chi connectivity index (χ0n) is 30.0. The van der Waals surface area contributed by atoms with Gasteiger partial charge in [-0.1, -0.05) is 158 Å². The normalized spacial score (nSPS) is 11.6. The van der Waals surface area contributed by atoms with Gasteiger partial charge in [-0.3, -0.25) is 0 Å². The fraction of sp³-hybridized carbons (Fsp3) is 0. The number of rotatable bonds is 5. The fourth-order valence-corrected chi connectivity index (χ4v) is 8.63. The Hall–Kier alpha value is -7.29. The van der Waals surface area contributed by atoms with Crippen molar-refractivity contribution in [2.45, 2.75) is 0 Å². The van der Waals surface area contributed by atoms with Crippen LogP contribution in [0.5, 0.6) is 0 Å². The molecule has 2 nitrogen and oxygen atoms in total. The van der Waals surface area contributed by atoms with Gasteiger partial charge in [-0.25, -0.2) is 4.98 Å². The summed E-state index contributed by atoms with van der Waals surface area (Å²) in [6.45, 7) is 0. The Bertz CT molecular complexity index is 3180. The van der Waals surface area contributed by atoms with Gasteiger partial charge in [-0.05, 0) is 103 Å². The molecular formula is C53H34N2. The van der Waals surface area contributed by atoms with E-state index in [1.165, 1.54) is 76.5 Å². The van der Waals surface area contributed by atoms with Gasteiger partial charge >= 0.3 is 0 Å². The number of fused-ring (bicyclic) bond motifs is 9. The molecule has 0 saturated heterocycles. The van der Waals surface area contributed by atoms with Gasteiger partial charge in [0.1, 0.15) is 0 Å². The minimum atomic E-state index is 0.963. The minimum absolute atomic E-state index is 0.963. The lowest BCUT2D eigenvalue weighted by molar-refractivity contribution is 1.18. The summed E-state index contributed by atoms with van der Waals surface area (Å²) in [5.41, 5.74) is 12.5. The summed E-state index contributed by atoms with van der Waals surface area (Å²) in [7, 11) is 0. The molecule has 0 fully saturated rings. The van der Waals surface area contributed by atoms with Crippen LogP contribution < -0.4 is 0 Å². The van der Waals surface area contributed by atoms with Crippen molar-refractivity contribution in [1.82, 2.24) is 9.55 Å². The van der Waals surface area contributed by atoms with Crippen molar-refractivity contribution in [3.05, 3.63) is 206 Å². The van der Waals surface area contributed by atoms with Crippen LogP contribution in [0.3, 0.4) is 0 Å². The molecule has 11 rings (SSSR count). The van der Waals surface area contributed by atoms with Crippen molar-refractivity contribution in [3.8, 4) is 50.5 Å². The predicted octanol–water partition coefficient (Wildman–Crippen LogP) is 14.3. The summed E-state index contributed by atoms with van der Waals surface area (Å²) in [6, 6.07) is 74.6. The maximum absolute atomic E-state index is 5.19. The van der Waals surface area contributed by atoms with Gasteiger partial charge in [-0.15, -0.1) is 0 Å². The third-order valence-electron chi connectivity index (χ3n) is 11.2. The second-order valence-electron chi connectivity index (χ2n) is 14.3. The summed E-state index contributed by atoms with van der Waals surface area (Å²) in [5.74, 6) is 0. The van der Waals surface area contributed by atoms with E-state index in [0.29, 0.717) is 0 Å². The molecule has 2 aromatic heterocycles. The molecule has 0 saturated carbocycles. The Morgan fingerprint density at radius 1 is 0.291 bits per heavy atom. The van der Waals surface area contributed by atoms with E-state index in [-0.39, 0.29) is 0 Å². The Balaban J connectivity index is 1.15. The Morgan fingerprint density at radius 3 is 1.49 bits per heavy atom. The van der Waals surface area contributed by atoms with Crippen LogP contribution in [0, 0.1) is 0 Å². The van der Waals surface area contributed by atoms with Crippen molar-refractivity contribution in [2.24, 2.45) is 0 Å². The largest absolute Gasteiger partial charge is 0.309 e. The molecule has 0 aliphatic carbocycles. The average Bonchev–Trinajstić information content (AvgIpc) is 3.60. The third kappa shape index (κ3) is 5.15. The average molecular weight is 699 g/mol. The summed E-state index contributed by atoms with van der Waals surface area (Å²) < 4.78 is 2.38. The molecule has 0 radical (unpaired) electrons. The van der Waals surface area contributed by atoms with Crippen LogP contribution in [0.15, 0.2) is 206 Å². The number of nitrogens with zero attached hydrogens (tertiary/aromatic N) is 2. The van der Waals surface area contributed by atoms with Crippen LogP contribution in [0.1, 0.15) is 0 Å². The summed E-state index contributed by atoms with van der Waals surface area (Å²) in [4.78, 5) is 5.19. The van der Waals surface area contributed by atoms with Crippen molar-refractivity contribution < 1.29 is 0 Å². The van der Waals surface area contributed by atoms with E-state index in [2.05, 4.69) is 211 Å². The number of hydrogen-bond donors (Lipinski definition) is 0. The van der Waals surface area contributed by atoms with Crippen LogP contribution in [0.25, 0.3) is 105 Å². The quantitative estimate of drug-likeness (QED) is 0.164. The Kier molecular flexibility index (Phi) is 7.21. The van der Waals surface area contributed by atoms with Crippen molar-refractivity contribution in [3.63, 3.8) is 0 Å². The van der Waals surface area contributed by atoms with E-state index in [0.717, 1.165) is 28.1 Å². The number of benzene rings is 9. The van der Waals surface area contributed by atoms with Crippen LogP contribution >= 0.6 is 0 Å². The van der Waals surface area contributed by atoms with E-state index in [9.17, 15) is 0 Å². The van der Waals surface area contributed by atoms with Gasteiger partial charge < -0.3 is 4.57 Å². The maximum Gasteiger partial charge on any atom is 0.0715 e. The summed E-state index contributed by atoms with van der Waals surface area (Å²) in [5, 5.41) is 10.0. The van der Waals surface area contributed by atoms with Crippen LogP contribution in [-0.4, -0.2) is 9.55 Å². The lowest BCUT2D eigenvalue weighted by atomic mass is 9.87. The predicted molar refractivity (Wildman–Crippen MR) is 233 cm³/mol. The molecule has 0 unspecified atom stereocenters. The first-order valence-corrected chi connectivity index (χ1v) is 18.9. The molecule has 55 heavy (non-hydrogen) atoms. The molecule has 0 aliphatic rings. The van der Waals surface area contributed by atoms with Gasteiger partial charge in [0.15, 0.2) is 0 Å². The second kappa shape index (κ2) is 12.7. The number of para-hydroxylation sites is 2. The zero-order chi connectivity index (χ0) is 36.3. The lowest BCUT2D eigenvalue weighted by Crippen LogP contribution is -1.93. The molecule has 0 amide bonds. The van der Waals surface area contributed by atoms with Gasteiger partial charge in [0, 0.05) is 27.6 Å². The highest BCUT2D eigenvalue weighted by molar-refractivity contribution is 6.29. The third-order valence-corrected chi connectivity index (χ3v) is 11.2. The van der Waals surface area contributed by atoms with Gasteiger partial charge in [0.25, 0.3) is 0 Å². The topological polar surface area (TPSA) is 17.8 Å². The Labute approximate surface area is 319 Å². The Morgan fingerprint density at radius 2 is 0.800 bits per heavy atom. The summed E-state index contributed by atoms with van der Waals surface area (Å²) >= 11 is 0. The first-order chi connectivity index (χ1) is 27.3. The first-order valence-electron chi connectivity index (χ1n) is 18.9. The van der Waals surface area contributed by atoms with Gasteiger partial charge in [-0.2, -0.15) is 0 Å². The molecule has 0 atom stereocenters. The van der Waals surface area contributed by atoms with E-state index in [1.807, 2.05) is 0 Å². The molecule has 0 N–H and O–H groups in total. The highest BCUT2D eigenvalue weighted by Gasteiger charge is 2.17. The van der Waals surface area contributed by atoms with Crippen LogP contribution in [0.4, 0.5) is 0 Å². The van der Waals surface area contributed by atoms with E-state index < -0.39 is 0 Å². The second-order valence-corrected chi connectivity index (χ2v) is 14.3. The van der Waals surface area contributed by atoms with Crippen LogP contribution in [0.2, 0.25) is 0 Å². The molecule has 256 valence electrons. The first kappa shape index (κ1) is 31.3. The zero-order valence-corrected chi connectivity index (χ0v) is 30.0. The van der Waals surface area contributed by atoms with Crippen molar-refractivity contribution in [1.29, 1.82) is 0 Å². The molecule has 0 spiro atoms. The summed E-state index contributed by atoms with van der Waals surface area (Å²) in [6.07, 6.45) is 0. The molecule has 0 aliphatic heterocycles. The highest BCUT2D eigenvalue weighted by Crippen LogP contribution is 2.43. The monoisotopic (exact) mass is 698 g/mol. The van der Waals surface area contributed by atoms with Crippen molar-refractivity contribution >= 4 is 54.1 Å². The molecular weight excluding hydrogens is 665 g/mol. The van der Waals surface area contributed by atoms with Crippen molar-refractivity contribution in [2.75, 3.05) is 0 Å². The van der Waals surface area contributed by atoms with Gasteiger partial charge in [0.05, 0.1) is 22.4 Å². The SMILES string of the molecule is c1ccc(-c2cc(-c3cccc4c5ccccc5c5cc(-c6ccc7c(c6)c6ccccc6n7-c6ccccc6)ccc5c34)cc(-c3ccccc3)n2)cc1. The highest BCUT2D eigenvalue weighted by atomic mass is 15.0. The fourth-order valence-electron chi connectivity index (χ4n) is 8.63. The number of aromatic nitrogens is 2. The molecule has 2 heterocycles. The van der Waals surface area contributed by atoms with E-state index in [1.54, 1.807) is 0 Å². The van der Waals surface area contributed by atoms with Crippen LogP contribution in [-0.2, 0) is 0 Å². The molecule has 2 heteroatoms.